The van der Waals surface area contributed by atoms with Crippen molar-refractivity contribution in [3.8, 4) is 0 Å². The van der Waals surface area contributed by atoms with Crippen LogP contribution >= 0.6 is 0 Å². The van der Waals surface area contributed by atoms with E-state index in [1.54, 1.807) is 13.2 Å². The second-order valence-electron chi connectivity index (χ2n) is 7.30. The summed E-state index contributed by atoms with van der Waals surface area (Å²) in [6, 6.07) is 16.8. The van der Waals surface area contributed by atoms with E-state index in [-0.39, 0.29) is 12.3 Å². The van der Waals surface area contributed by atoms with Gasteiger partial charge in [-0.2, -0.15) is 0 Å². The van der Waals surface area contributed by atoms with Crippen LogP contribution in [-0.4, -0.2) is 29.1 Å². The van der Waals surface area contributed by atoms with Crippen LogP contribution in [-0.2, 0) is 11.3 Å². The highest BCUT2D eigenvalue weighted by atomic mass is 16.5. The first-order valence-corrected chi connectivity index (χ1v) is 9.68. The van der Waals surface area contributed by atoms with Crippen molar-refractivity contribution in [2.75, 3.05) is 19.0 Å². The molecule has 0 saturated carbocycles. The van der Waals surface area contributed by atoms with Gasteiger partial charge in [0.25, 0.3) is 5.56 Å². The van der Waals surface area contributed by atoms with Crippen molar-refractivity contribution in [2.24, 2.45) is 0 Å². The number of allylic oxidation sites excluding steroid dienone is 1. The number of aromatic amines is 1. The quantitative estimate of drug-likeness (QED) is 0.700. The van der Waals surface area contributed by atoms with Crippen molar-refractivity contribution in [3.63, 3.8) is 0 Å². The van der Waals surface area contributed by atoms with E-state index in [0.717, 1.165) is 11.1 Å². The molecule has 0 spiro atoms. The number of ether oxygens (including phenoxy) is 1. The monoisotopic (exact) mass is 401 g/mol. The molecule has 0 bridgehead atoms. The number of H-pyrrole nitrogens is 1. The molecular weight excluding hydrogens is 382 g/mol. The molecule has 3 aromatic rings. The predicted octanol–water partition coefficient (Wildman–Crippen LogP) is 2.35. The minimum atomic E-state index is -0.588. The van der Waals surface area contributed by atoms with Gasteiger partial charge in [-0.3, -0.25) is 19.1 Å². The fourth-order valence-corrected chi connectivity index (χ4v) is 4.34. The second-order valence-corrected chi connectivity index (χ2v) is 7.30. The summed E-state index contributed by atoms with van der Waals surface area (Å²) in [7, 11) is 1.55. The SMILES string of the molecule is COCCn1c2c(c(=O)[nH]c1=O)[C@@H](c1ccccc1)C1=C(N2)c2ccccc2C1=O. The number of rotatable bonds is 4. The smallest absolute Gasteiger partial charge is 0.330 e. The van der Waals surface area contributed by atoms with Crippen molar-refractivity contribution in [1.82, 2.24) is 9.55 Å². The number of ketones is 1. The highest BCUT2D eigenvalue weighted by molar-refractivity contribution is 6.23. The van der Waals surface area contributed by atoms with Crippen LogP contribution in [0.2, 0.25) is 0 Å². The highest BCUT2D eigenvalue weighted by Gasteiger charge is 2.42. The Labute approximate surface area is 171 Å². The van der Waals surface area contributed by atoms with E-state index in [1.165, 1.54) is 4.57 Å². The van der Waals surface area contributed by atoms with Gasteiger partial charge in [0, 0.05) is 29.7 Å². The fraction of sp³-hybridized carbons (Fsp3) is 0.174. The van der Waals surface area contributed by atoms with Crippen molar-refractivity contribution in [3.05, 3.63) is 103 Å². The van der Waals surface area contributed by atoms with Crippen LogP contribution in [0, 0.1) is 0 Å². The van der Waals surface area contributed by atoms with Gasteiger partial charge in [-0.1, -0.05) is 54.6 Å². The number of carbonyl (C=O) groups is 1. The van der Waals surface area contributed by atoms with E-state index < -0.39 is 17.2 Å². The molecule has 1 aliphatic carbocycles. The maximum absolute atomic E-state index is 13.4. The summed E-state index contributed by atoms with van der Waals surface area (Å²) in [5.74, 6) is -0.296. The minimum absolute atomic E-state index is 0.110. The van der Waals surface area contributed by atoms with Crippen LogP contribution < -0.4 is 16.6 Å². The molecule has 0 fully saturated rings. The first-order valence-electron chi connectivity index (χ1n) is 9.68. The van der Waals surface area contributed by atoms with Gasteiger partial charge in [-0.15, -0.1) is 0 Å². The zero-order valence-electron chi connectivity index (χ0n) is 16.3. The van der Waals surface area contributed by atoms with E-state index in [1.807, 2.05) is 48.5 Å². The standard InChI is InChI=1S/C23H19N3O4/c1-30-12-11-26-21-18(22(28)25-23(26)29)16(13-7-3-2-4-8-13)17-19(24-21)14-9-5-6-10-15(14)20(17)27/h2-10,16,24H,11-12H2,1H3,(H,25,28,29)/t16-/m0/s1. The maximum atomic E-state index is 13.4. The van der Waals surface area contributed by atoms with Crippen LogP contribution in [0.3, 0.4) is 0 Å². The number of benzene rings is 2. The lowest BCUT2D eigenvalue weighted by molar-refractivity contribution is 0.103. The number of nitrogens with one attached hydrogen (secondary N) is 2. The maximum Gasteiger partial charge on any atom is 0.330 e. The van der Waals surface area contributed by atoms with E-state index in [0.29, 0.717) is 34.8 Å². The molecule has 1 aromatic heterocycles. The summed E-state index contributed by atoms with van der Waals surface area (Å²) in [6.45, 7) is 0.568. The summed E-state index contributed by atoms with van der Waals surface area (Å²) >= 11 is 0. The van der Waals surface area contributed by atoms with Crippen LogP contribution in [0.5, 0.6) is 0 Å². The molecule has 2 aliphatic rings. The Morgan fingerprint density at radius 1 is 0.967 bits per heavy atom. The van der Waals surface area contributed by atoms with Crippen molar-refractivity contribution < 1.29 is 9.53 Å². The van der Waals surface area contributed by atoms with Crippen molar-refractivity contribution >= 4 is 17.3 Å². The fourth-order valence-electron chi connectivity index (χ4n) is 4.34. The number of hydrogen-bond acceptors (Lipinski definition) is 5. The number of hydrogen-bond donors (Lipinski definition) is 2. The minimum Gasteiger partial charge on any atom is -0.383 e. The van der Waals surface area contributed by atoms with Gasteiger partial charge >= 0.3 is 5.69 Å². The average Bonchev–Trinajstić information content (AvgIpc) is 3.05. The number of fused-ring (bicyclic) bond motifs is 3. The molecule has 7 nitrogen and oxygen atoms in total. The Morgan fingerprint density at radius 3 is 2.40 bits per heavy atom. The third-order valence-corrected chi connectivity index (χ3v) is 5.66. The molecule has 0 amide bonds. The first kappa shape index (κ1) is 18.3. The molecule has 7 heteroatoms. The normalized spacial score (nSPS) is 16.7. The zero-order valence-corrected chi connectivity index (χ0v) is 16.3. The van der Waals surface area contributed by atoms with Gasteiger partial charge in [0.05, 0.1) is 24.4 Å². The molecule has 150 valence electrons. The van der Waals surface area contributed by atoms with Crippen molar-refractivity contribution in [2.45, 2.75) is 12.5 Å². The Morgan fingerprint density at radius 2 is 1.67 bits per heavy atom. The van der Waals surface area contributed by atoms with Gasteiger partial charge in [-0.05, 0) is 5.56 Å². The number of methoxy groups -OCH3 is 1. The summed E-state index contributed by atoms with van der Waals surface area (Å²) in [4.78, 5) is 41.4. The Balaban J connectivity index is 1.83. The molecule has 2 heterocycles. The largest absolute Gasteiger partial charge is 0.383 e. The van der Waals surface area contributed by atoms with Crippen LogP contribution in [0.25, 0.3) is 5.70 Å². The van der Waals surface area contributed by atoms with Gasteiger partial charge in [0.2, 0.25) is 0 Å². The predicted molar refractivity (Wildman–Crippen MR) is 113 cm³/mol. The Hall–Kier alpha value is -3.71. The lowest BCUT2D eigenvalue weighted by atomic mass is 9.81. The van der Waals surface area contributed by atoms with Crippen LogP contribution in [0.4, 0.5) is 5.82 Å². The zero-order chi connectivity index (χ0) is 20.8. The Bertz CT molecular complexity index is 1320. The molecular formula is C23H19N3O4. The molecule has 1 atom stereocenters. The van der Waals surface area contributed by atoms with Gasteiger partial charge in [0.15, 0.2) is 5.78 Å². The summed E-state index contributed by atoms with van der Waals surface area (Å²) in [5, 5.41) is 3.25. The molecule has 2 aromatic carbocycles. The highest BCUT2D eigenvalue weighted by Crippen LogP contribution is 2.47. The number of Topliss-reactive ketones (excluding diaryl/α,β-unsaturated/α-hetero) is 1. The van der Waals surface area contributed by atoms with E-state index >= 15 is 0 Å². The average molecular weight is 401 g/mol. The Kier molecular flexibility index (Phi) is 4.25. The number of aromatic nitrogens is 2. The molecule has 0 unspecified atom stereocenters. The topological polar surface area (TPSA) is 93.2 Å². The van der Waals surface area contributed by atoms with Crippen molar-refractivity contribution in [1.29, 1.82) is 0 Å². The molecule has 30 heavy (non-hydrogen) atoms. The number of nitrogens with zero attached hydrogens (tertiary/aromatic N) is 1. The lowest BCUT2D eigenvalue weighted by Gasteiger charge is -2.29. The third-order valence-electron chi connectivity index (χ3n) is 5.66. The molecule has 0 saturated heterocycles. The lowest BCUT2D eigenvalue weighted by Crippen LogP contribution is -2.38. The molecule has 5 rings (SSSR count). The van der Waals surface area contributed by atoms with Gasteiger partial charge in [0.1, 0.15) is 5.82 Å². The summed E-state index contributed by atoms with van der Waals surface area (Å²) < 4.78 is 6.61. The third kappa shape index (κ3) is 2.59. The molecule has 2 N–H and O–H groups in total. The van der Waals surface area contributed by atoms with E-state index in [9.17, 15) is 14.4 Å². The number of carbonyl (C=O) groups excluding carboxylic acids is 1. The molecule has 0 radical (unpaired) electrons. The summed E-state index contributed by atoms with van der Waals surface area (Å²) in [6.07, 6.45) is 0. The molecule has 1 aliphatic heterocycles. The van der Waals surface area contributed by atoms with Gasteiger partial charge in [-0.25, -0.2) is 4.79 Å². The van der Waals surface area contributed by atoms with Crippen LogP contribution in [0.1, 0.15) is 33.0 Å². The summed E-state index contributed by atoms with van der Waals surface area (Å²) in [5.41, 5.74) is 2.69. The van der Waals surface area contributed by atoms with Crippen LogP contribution in [0.15, 0.2) is 69.8 Å². The van der Waals surface area contributed by atoms with Gasteiger partial charge < -0.3 is 10.1 Å². The van der Waals surface area contributed by atoms with E-state index in [2.05, 4.69) is 10.3 Å². The van der Waals surface area contributed by atoms with E-state index in [4.69, 9.17) is 4.74 Å². The number of anilines is 1. The first-order chi connectivity index (χ1) is 14.6. The second kappa shape index (κ2) is 6.96.